The molecule has 1 saturated heterocycles. The number of fused-ring (bicyclic) bond motifs is 1. The summed E-state index contributed by atoms with van der Waals surface area (Å²) in [5.74, 6) is 1.71. The zero-order chi connectivity index (χ0) is 19.7. The number of para-hydroxylation sites is 1. The van der Waals surface area contributed by atoms with E-state index in [9.17, 15) is 4.79 Å². The molecule has 0 N–H and O–H groups in total. The number of amides is 1. The molecule has 0 radical (unpaired) electrons. The van der Waals surface area contributed by atoms with Crippen LogP contribution in [-0.2, 0) is 0 Å². The van der Waals surface area contributed by atoms with Gasteiger partial charge in [0.15, 0.2) is 11.5 Å². The average Bonchev–Trinajstić information content (AvgIpc) is 3.23. The first-order valence-electron chi connectivity index (χ1n) is 9.76. The summed E-state index contributed by atoms with van der Waals surface area (Å²) in [5.41, 5.74) is 1.34. The predicted molar refractivity (Wildman–Crippen MR) is 112 cm³/mol. The molecular formula is C21H25ClN2O3S. The van der Waals surface area contributed by atoms with Gasteiger partial charge in [-0.1, -0.05) is 18.9 Å². The molecule has 7 heteroatoms. The number of thiazole rings is 1. The van der Waals surface area contributed by atoms with E-state index in [1.807, 2.05) is 28.5 Å². The molecule has 5 nitrogen and oxygen atoms in total. The highest BCUT2D eigenvalue weighted by Gasteiger charge is 2.41. The number of carbonyl (C=O) groups is 1. The first kappa shape index (κ1) is 19.5. The second kappa shape index (κ2) is 8.29. The molecule has 1 aromatic heterocycles. The Kier molecular flexibility index (Phi) is 5.78. The molecule has 4 rings (SSSR count). The standard InChI is InChI=1S/C21H25ClN2O3S/c1-26-18-9-5-7-14(19(18)27-2)20-23-16(12-28-20)21(25)24-11-10-15(22)13-6-3-4-8-17(13)24/h5,7,9,12-13,15,17H,3-4,6,8,10-11H2,1-2H3. The second-order valence-electron chi connectivity index (χ2n) is 7.40. The Morgan fingerprint density at radius 2 is 2.04 bits per heavy atom. The molecule has 3 atom stereocenters. The van der Waals surface area contributed by atoms with E-state index >= 15 is 0 Å². The summed E-state index contributed by atoms with van der Waals surface area (Å²) in [5, 5.41) is 2.79. The van der Waals surface area contributed by atoms with Crippen LogP contribution >= 0.6 is 22.9 Å². The quantitative estimate of drug-likeness (QED) is 0.664. The number of alkyl halides is 1. The van der Waals surface area contributed by atoms with Crippen molar-refractivity contribution in [2.24, 2.45) is 5.92 Å². The fourth-order valence-electron chi connectivity index (χ4n) is 4.54. The minimum absolute atomic E-state index is 0.0184. The minimum atomic E-state index is 0.0184. The Labute approximate surface area is 174 Å². The largest absolute Gasteiger partial charge is 0.493 e. The minimum Gasteiger partial charge on any atom is -0.493 e. The van der Waals surface area contributed by atoms with Crippen LogP contribution in [0.2, 0.25) is 0 Å². The molecule has 2 aliphatic rings. The second-order valence-corrected chi connectivity index (χ2v) is 8.82. The summed E-state index contributed by atoms with van der Waals surface area (Å²) in [6.45, 7) is 0.712. The lowest BCUT2D eigenvalue weighted by Crippen LogP contribution is -2.53. The third kappa shape index (κ3) is 3.48. The maximum atomic E-state index is 13.3. The van der Waals surface area contributed by atoms with E-state index in [2.05, 4.69) is 4.98 Å². The van der Waals surface area contributed by atoms with Gasteiger partial charge < -0.3 is 14.4 Å². The van der Waals surface area contributed by atoms with E-state index in [-0.39, 0.29) is 17.3 Å². The molecule has 28 heavy (non-hydrogen) atoms. The number of hydrogen-bond donors (Lipinski definition) is 0. The number of likely N-dealkylation sites (tertiary alicyclic amines) is 1. The summed E-state index contributed by atoms with van der Waals surface area (Å²) >= 11 is 8.03. The first-order valence-corrected chi connectivity index (χ1v) is 11.1. The highest BCUT2D eigenvalue weighted by molar-refractivity contribution is 7.13. The zero-order valence-electron chi connectivity index (χ0n) is 16.2. The van der Waals surface area contributed by atoms with Gasteiger partial charge in [-0.05, 0) is 37.3 Å². The van der Waals surface area contributed by atoms with Gasteiger partial charge >= 0.3 is 0 Å². The third-order valence-electron chi connectivity index (χ3n) is 5.91. The van der Waals surface area contributed by atoms with Crippen LogP contribution in [0.5, 0.6) is 11.5 Å². The fraction of sp³-hybridized carbons (Fsp3) is 0.524. The van der Waals surface area contributed by atoms with E-state index in [0.29, 0.717) is 29.7 Å². The van der Waals surface area contributed by atoms with Crippen molar-refractivity contribution in [1.29, 1.82) is 0 Å². The monoisotopic (exact) mass is 420 g/mol. The number of benzene rings is 1. The van der Waals surface area contributed by atoms with Gasteiger partial charge in [0.25, 0.3) is 5.91 Å². The Balaban J connectivity index is 1.60. The number of aromatic nitrogens is 1. The van der Waals surface area contributed by atoms with Crippen molar-refractivity contribution in [3.8, 4) is 22.1 Å². The van der Waals surface area contributed by atoms with Gasteiger partial charge in [0, 0.05) is 23.3 Å². The van der Waals surface area contributed by atoms with Crippen molar-refractivity contribution in [1.82, 2.24) is 9.88 Å². The van der Waals surface area contributed by atoms with E-state index in [4.69, 9.17) is 21.1 Å². The highest BCUT2D eigenvalue weighted by atomic mass is 35.5. The Hall–Kier alpha value is -1.79. The smallest absolute Gasteiger partial charge is 0.273 e. The number of nitrogens with zero attached hydrogens (tertiary/aromatic N) is 2. The summed E-state index contributed by atoms with van der Waals surface area (Å²) < 4.78 is 10.9. The lowest BCUT2D eigenvalue weighted by Gasteiger charge is -2.46. The number of rotatable bonds is 4. The SMILES string of the molecule is COc1cccc(-c2nc(C(=O)N3CCC(Cl)C4CCCCC43)cs2)c1OC. The summed E-state index contributed by atoms with van der Waals surface area (Å²) in [6, 6.07) is 5.93. The predicted octanol–water partition coefficient (Wildman–Crippen LogP) is 4.84. The van der Waals surface area contributed by atoms with E-state index in [0.717, 1.165) is 36.3 Å². The van der Waals surface area contributed by atoms with Gasteiger partial charge in [0.1, 0.15) is 10.7 Å². The Bertz CT molecular complexity index is 856. The van der Waals surface area contributed by atoms with Gasteiger partial charge in [0.2, 0.25) is 0 Å². The van der Waals surface area contributed by atoms with Crippen LogP contribution in [0.25, 0.3) is 10.6 Å². The molecule has 3 unspecified atom stereocenters. The Morgan fingerprint density at radius 1 is 1.21 bits per heavy atom. The number of halogens is 1. The van der Waals surface area contributed by atoms with Gasteiger partial charge in [-0.2, -0.15) is 0 Å². The number of ether oxygens (including phenoxy) is 2. The number of piperidine rings is 1. The molecule has 1 aliphatic heterocycles. The maximum absolute atomic E-state index is 13.3. The van der Waals surface area contributed by atoms with Crippen LogP contribution in [0.3, 0.4) is 0 Å². The van der Waals surface area contributed by atoms with Crippen molar-refractivity contribution in [3.63, 3.8) is 0 Å². The van der Waals surface area contributed by atoms with Crippen molar-refractivity contribution in [2.75, 3.05) is 20.8 Å². The van der Waals surface area contributed by atoms with Crippen molar-refractivity contribution >= 4 is 28.8 Å². The number of methoxy groups -OCH3 is 2. The van der Waals surface area contributed by atoms with Crippen LogP contribution < -0.4 is 9.47 Å². The summed E-state index contributed by atoms with van der Waals surface area (Å²) in [6.07, 6.45) is 5.39. The van der Waals surface area contributed by atoms with Crippen molar-refractivity contribution in [3.05, 3.63) is 29.3 Å². The summed E-state index contributed by atoms with van der Waals surface area (Å²) in [7, 11) is 3.22. The molecule has 2 aromatic rings. The van der Waals surface area contributed by atoms with Crippen molar-refractivity contribution < 1.29 is 14.3 Å². The molecule has 1 aromatic carbocycles. The average molecular weight is 421 g/mol. The molecule has 2 heterocycles. The topological polar surface area (TPSA) is 51.7 Å². The molecule has 0 spiro atoms. The molecule has 1 amide bonds. The third-order valence-corrected chi connectivity index (χ3v) is 7.33. The fourth-order valence-corrected chi connectivity index (χ4v) is 5.75. The number of carbonyl (C=O) groups excluding carboxylic acids is 1. The van der Waals surface area contributed by atoms with Crippen LogP contribution in [0.4, 0.5) is 0 Å². The van der Waals surface area contributed by atoms with Crippen LogP contribution in [0.1, 0.15) is 42.6 Å². The van der Waals surface area contributed by atoms with Gasteiger partial charge in [-0.3, -0.25) is 4.79 Å². The lowest BCUT2D eigenvalue weighted by atomic mass is 9.78. The molecular weight excluding hydrogens is 396 g/mol. The highest BCUT2D eigenvalue weighted by Crippen LogP contribution is 2.41. The molecule has 2 fully saturated rings. The van der Waals surface area contributed by atoms with Gasteiger partial charge in [-0.25, -0.2) is 4.98 Å². The van der Waals surface area contributed by atoms with E-state index < -0.39 is 0 Å². The van der Waals surface area contributed by atoms with E-state index in [1.54, 1.807) is 14.2 Å². The lowest BCUT2D eigenvalue weighted by molar-refractivity contribution is 0.0399. The van der Waals surface area contributed by atoms with Crippen molar-refractivity contribution in [2.45, 2.75) is 43.5 Å². The zero-order valence-corrected chi connectivity index (χ0v) is 17.8. The molecule has 1 aliphatic carbocycles. The molecule has 150 valence electrons. The maximum Gasteiger partial charge on any atom is 0.273 e. The summed E-state index contributed by atoms with van der Waals surface area (Å²) in [4.78, 5) is 19.9. The molecule has 1 saturated carbocycles. The van der Waals surface area contributed by atoms with Crippen LogP contribution in [0, 0.1) is 5.92 Å². The van der Waals surface area contributed by atoms with Gasteiger partial charge in [-0.15, -0.1) is 22.9 Å². The first-order chi connectivity index (χ1) is 13.6. The Morgan fingerprint density at radius 3 is 2.82 bits per heavy atom. The molecule has 0 bridgehead atoms. The van der Waals surface area contributed by atoms with E-state index in [1.165, 1.54) is 17.8 Å². The number of hydrogen-bond acceptors (Lipinski definition) is 5. The van der Waals surface area contributed by atoms with Crippen LogP contribution in [0.15, 0.2) is 23.6 Å². The van der Waals surface area contributed by atoms with Gasteiger partial charge in [0.05, 0.1) is 19.8 Å². The van der Waals surface area contributed by atoms with Crippen LogP contribution in [-0.4, -0.2) is 48.0 Å². The normalized spacial score (nSPS) is 24.5.